The molecule has 0 aliphatic carbocycles. The number of nitrogens with zero attached hydrogens (tertiary/aromatic N) is 4. The third-order valence-electron chi connectivity index (χ3n) is 5.44. The second-order valence-corrected chi connectivity index (χ2v) is 7.30. The number of anilines is 1. The number of aliphatic hydroxyl groups is 4. The molecule has 3 aliphatic heterocycles. The fourth-order valence-corrected chi connectivity index (χ4v) is 3.66. The van der Waals surface area contributed by atoms with Crippen LogP contribution >= 0.6 is 0 Å². The highest BCUT2D eigenvalue weighted by Crippen LogP contribution is 2.34. The number of benzene rings is 1. The van der Waals surface area contributed by atoms with Crippen LogP contribution in [0.4, 0.5) is 5.82 Å². The van der Waals surface area contributed by atoms with Gasteiger partial charge in [-0.1, -0.05) is 0 Å². The largest absolute Gasteiger partial charge is 0.497 e. The Kier molecular flexibility index (Phi) is 6.39. The molecule has 0 bridgehead atoms. The van der Waals surface area contributed by atoms with Crippen LogP contribution in [0.5, 0.6) is 11.5 Å². The summed E-state index contributed by atoms with van der Waals surface area (Å²) in [5, 5.41) is 43.2. The predicted molar refractivity (Wildman–Crippen MR) is 110 cm³/mol. The lowest BCUT2D eigenvalue weighted by Crippen LogP contribution is -2.56. The zero-order valence-corrected chi connectivity index (χ0v) is 17.5. The van der Waals surface area contributed by atoms with Crippen molar-refractivity contribution < 1.29 is 34.6 Å². The van der Waals surface area contributed by atoms with Gasteiger partial charge in [0.05, 0.1) is 20.8 Å². The predicted octanol–water partition coefficient (Wildman–Crippen LogP) is -0.620. The van der Waals surface area contributed by atoms with Crippen LogP contribution in [0.15, 0.2) is 30.9 Å². The van der Waals surface area contributed by atoms with E-state index in [1.165, 1.54) is 17.2 Å². The number of ether oxygens (including phenoxy) is 3. The van der Waals surface area contributed by atoms with Crippen molar-refractivity contribution in [2.45, 2.75) is 37.2 Å². The number of rotatable bonds is 7. The molecular weight excluding hydrogens is 422 g/mol. The van der Waals surface area contributed by atoms with E-state index in [9.17, 15) is 20.4 Å². The average Bonchev–Trinajstić information content (AvgIpc) is 3.32. The van der Waals surface area contributed by atoms with Crippen molar-refractivity contribution in [2.24, 2.45) is 0 Å². The summed E-state index contributed by atoms with van der Waals surface area (Å²) < 4.78 is 17.7. The van der Waals surface area contributed by atoms with Crippen molar-refractivity contribution in [1.82, 2.24) is 19.5 Å². The molecule has 0 saturated carbocycles. The van der Waals surface area contributed by atoms with E-state index in [-0.39, 0.29) is 0 Å². The van der Waals surface area contributed by atoms with Gasteiger partial charge in [0.2, 0.25) is 0 Å². The Hall–Kier alpha value is -3.03. The third-order valence-corrected chi connectivity index (χ3v) is 5.44. The molecule has 32 heavy (non-hydrogen) atoms. The molecule has 5 N–H and O–H groups in total. The van der Waals surface area contributed by atoms with Crippen molar-refractivity contribution in [3.05, 3.63) is 36.4 Å². The molecule has 4 rings (SSSR count). The molecule has 1 aromatic carbocycles. The maximum Gasteiger partial charge on any atom is 0.167 e. The van der Waals surface area contributed by atoms with E-state index in [0.29, 0.717) is 35.4 Å². The molecule has 0 spiro atoms. The number of hydrogen-bond acceptors (Lipinski definition) is 11. The first-order chi connectivity index (χ1) is 15.5. The first-order valence-corrected chi connectivity index (χ1v) is 9.91. The summed E-state index contributed by atoms with van der Waals surface area (Å²) in [5.74, 6) is 2.10. The molecule has 172 valence electrons. The summed E-state index contributed by atoms with van der Waals surface area (Å²) in [7, 11) is 3.15. The Labute approximate surface area is 183 Å². The SMILES string of the molecule is COc1ccc(CNc2ncn(C3O[C@H](CO)[C@@H](O)[C@H](O)[C@H]3O)c3ncnc2-3)c(OC)c1. The van der Waals surface area contributed by atoms with E-state index in [4.69, 9.17) is 14.2 Å². The molecule has 0 radical (unpaired) electrons. The molecule has 3 heterocycles. The first kappa shape index (κ1) is 22.2. The van der Waals surface area contributed by atoms with Crippen LogP contribution in [-0.4, -0.2) is 85.2 Å². The monoisotopic (exact) mass is 447 g/mol. The highest BCUT2D eigenvalue weighted by molar-refractivity contribution is 5.67. The topological polar surface area (TPSA) is 164 Å². The van der Waals surface area contributed by atoms with Gasteiger partial charge in [0.1, 0.15) is 48.6 Å². The molecule has 5 atom stereocenters. The Bertz CT molecular complexity index is 1030. The Balaban J connectivity index is 1.59. The van der Waals surface area contributed by atoms with Crippen molar-refractivity contribution in [3.8, 4) is 23.0 Å². The normalized spacial score (nSPS) is 25.6. The lowest BCUT2D eigenvalue weighted by atomic mass is 9.98. The van der Waals surface area contributed by atoms with Crippen LogP contribution in [0.2, 0.25) is 0 Å². The number of fused-ring (bicyclic) bond motifs is 1. The fourth-order valence-electron chi connectivity index (χ4n) is 3.66. The van der Waals surface area contributed by atoms with Gasteiger partial charge < -0.3 is 40.0 Å². The maximum atomic E-state index is 10.4. The summed E-state index contributed by atoms with van der Waals surface area (Å²) in [6, 6.07) is 5.47. The number of hydrogen-bond donors (Lipinski definition) is 5. The Morgan fingerprint density at radius 2 is 1.88 bits per heavy atom. The van der Waals surface area contributed by atoms with E-state index < -0.39 is 37.3 Å². The second kappa shape index (κ2) is 9.22. The lowest BCUT2D eigenvalue weighted by molar-refractivity contribution is -0.251. The number of nitrogens with one attached hydrogen (secondary N) is 1. The van der Waals surface area contributed by atoms with Crippen LogP contribution < -0.4 is 14.8 Å². The molecule has 0 aromatic heterocycles. The summed E-state index contributed by atoms with van der Waals surface area (Å²) in [4.78, 5) is 12.9. The summed E-state index contributed by atoms with van der Waals surface area (Å²) >= 11 is 0. The van der Waals surface area contributed by atoms with E-state index in [2.05, 4.69) is 20.3 Å². The Morgan fingerprint density at radius 3 is 2.59 bits per heavy atom. The quantitative estimate of drug-likeness (QED) is 0.313. The van der Waals surface area contributed by atoms with Crippen molar-refractivity contribution in [2.75, 3.05) is 26.1 Å². The molecule has 12 nitrogen and oxygen atoms in total. The van der Waals surface area contributed by atoms with E-state index in [1.807, 2.05) is 12.1 Å². The smallest absolute Gasteiger partial charge is 0.167 e. The van der Waals surface area contributed by atoms with Gasteiger partial charge in [0.25, 0.3) is 0 Å². The molecule has 1 fully saturated rings. The standard InChI is InChI=1S/C20H25N5O7/c1-30-11-4-3-10(12(5-11)31-2)6-21-18-14-19(23-8-22-14)25(9-24-18)20-17(29)16(28)15(27)13(7-26)32-20/h3-5,8-9,13,15-17,20-21,26-29H,6-7H2,1-2H3/t13-,15-,16+,17-,20?/m1/s1. The maximum absolute atomic E-state index is 10.4. The van der Waals surface area contributed by atoms with Gasteiger partial charge in [0, 0.05) is 18.2 Å². The zero-order valence-electron chi connectivity index (χ0n) is 17.5. The fraction of sp³-hybridized carbons (Fsp3) is 0.450. The van der Waals surface area contributed by atoms with Gasteiger partial charge in [-0.25, -0.2) is 15.0 Å². The van der Waals surface area contributed by atoms with Crippen LogP contribution in [0.25, 0.3) is 11.5 Å². The molecule has 1 unspecified atom stereocenters. The number of imidazole rings is 1. The minimum absolute atomic E-state index is 0.341. The molecular formula is C20H25N5O7. The van der Waals surface area contributed by atoms with E-state index in [1.54, 1.807) is 20.3 Å². The van der Waals surface area contributed by atoms with Crippen molar-refractivity contribution in [1.29, 1.82) is 0 Å². The van der Waals surface area contributed by atoms with Crippen molar-refractivity contribution >= 4 is 5.82 Å². The summed E-state index contributed by atoms with van der Waals surface area (Å²) in [6.07, 6.45) is -3.90. The van der Waals surface area contributed by atoms with Crippen LogP contribution in [0, 0.1) is 0 Å². The molecule has 12 heteroatoms. The lowest BCUT2D eigenvalue weighted by Gasteiger charge is -2.41. The number of methoxy groups -OCH3 is 2. The number of aromatic nitrogens is 4. The second-order valence-electron chi connectivity index (χ2n) is 7.30. The Morgan fingerprint density at radius 1 is 1.06 bits per heavy atom. The van der Waals surface area contributed by atoms with Gasteiger partial charge in [-0.15, -0.1) is 0 Å². The van der Waals surface area contributed by atoms with E-state index in [0.717, 1.165) is 5.56 Å². The summed E-state index contributed by atoms with van der Waals surface area (Å²) in [5.41, 5.74) is 1.28. The first-order valence-electron chi connectivity index (χ1n) is 9.91. The van der Waals surface area contributed by atoms with Gasteiger partial charge in [0.15, 0.2) is 23.6 Å². The number of aliphatic hydroxyl groups excluding tert-OH is 4. The highest BCUT2D eigenvalue weighted by Gasteiger charge is 2.45. The minimum Gasteiger partial charge on any atom is -0.497 e. The minimum atomic E-state index is -1.52. The van der Waals surface area contributed by atoms with Crippen molar-refractivity contribution in [3.63, 3.8) is 0 Å². The molecule has 0 amide bonds. The average molecular weight is 447 g/mol. The van der Waals surface area contributed by atoms with Crippen LogP contribution in [-0.2, 0) is 11.3 Å². The molecule has 3 aliphatic rings. The van der Waals surface area contributed by atoms with Gasteiger partial charge >= 0.3 is 0 Å². The molecule has 1 aromatic rings. The molecule has 1 saturated heterocycles. The third kappa shape index (κ3) is 3.94. The van der Waals surface area contributed by atoms with E-state index >= 15 is 0 Å². The highest BCUT2D eigenvalue weighted by atomic mass is 16.6. The van der Waals surface area contributed by atoms with Crippen LogP contribution in [0.3, 0.4) is 0 Å². The van der Waals surface area contributed by atoms with Gasteiger partial charge in [-0.3, -0.25) is 4.57 Å². The summed E-state index contributed by atoms with van der Waals surface area (Å²) in [6.45, 7) is -0.152. The zero-order chi connectivity index (χ0) is 22.8. The van der Waals surface area contributed by atoms with Crippen LogP contribution in [0.1, 0.15) is 11.8 Å². The van der Waals surface area contributed by atoms with Gasteiger partial charge in [-0.2, -0.15) is 0 Å². The van der Waals surface area contributed by atoms with Gasteiger partial charge in [-0.05, 0) is 12.1 Å².